The predicted molar refractivity (Wildman–Crippen MR) is 91.4 cm³/mol. The van der Waals surface area contributed by atoms with Crippen LogP contribution in [0.5, 0.6) is 0 Å². The zero-order valence-corrected chi connectivity index (χ0v) is 16.0. The lowest BCUT2D eigenvalue weighted by Gasteiger charge is -2.10. The quantitative estimate of drug-likeness (QED) is 0.633. The lowest BCUT2D eigenvalue weighted by Crippen LogP contribution is -2.35. The summed E-state index contributed by atoms with van der Waals surface area (Å²) in [6.07, 6.45) is -4.55. The zero-order chi connectivity index (χ0) is 20.2. The van der Waals surface area contributed by atoms with E-state index in [0.717, 1.165) is 0 Å². The minimum atomic E-state index is -4.55. The molecule has 0 radical (unpaired) electrons. The number of hydrogen-bond acceptors (Lipinski definition) is 7. The van der Waals surface area contributed by atoms with Gasteiger partial charge in [-0.2, -0.15) is 13.2 Å². The van der Waals surface area contributed by atoms with Gasteiger partial charge in [0.2, 0.25) is 5.95 Å². The standard InChI is InChI=1S/C12H9Cl2F3N4O4S2/c13-7-3-8(14)19-10(18-7)20-11(22)21-27(23,24)9-6(1-2-26-9)4-25-5-12(15,16)17/h1-3H,4-5H2,(H2,18,19,20,21,22). The number of alkyl halides is 3. The van der Waals surface area contributed by atoms with Crippen molar-refractivity contribution in [1.82, 2.24) is 14.7 Å². The SMILES string of the molecule is O=C(Nc1nc(Cl)cc(Cl)n1)NS(=O)(=O)c1sccc1COCC(F)(F)F. The number of nitrogens with one attached hydrogen (secondary N) is 2. The maximum absolute atomic E-state index is 12.3. The average Bonchev–Trinajstić information content (AvgIpc) is 2.93. The van der Waals surface area contributed by atoms with Gasteiger partial charge >= 0.3 is 12.2 Å². The minimum Gasteiger partial charge on any atom is -0.367 e. The van der Waals surface area contributed by atoms with E-state index in [4.69, 9.17) is 23.2 Å². The lowest BCUT2D eigenvalue weighted by molar-refractivity contribution is -0.176. The highest BCUT2D eigenvalue weighted by atomic mass is 35.5. The van der Waals surface area contributed by atoms with Gasteiger partial charge in [0, 0.05) is 11.6 Å². The van der Waals surface area contributed by atoms with Crippen molar-refractivity contribution in [3.63, 3.8) is 0 Å². The third-order valence-electron chi connectivity index (χ3n) is 2.59. The van der Waals surface area contributed by atoms with E-state index in [-0.39, 0.29) is 26.0 Å². The van der Waals surface area contributed by atoms with Crippen LogP contribution in [-0.2, 0) is 21.4 Å². The summed E-state index contributed by atoms with van der Waals surface area (Å²) < 4.78 is 66.7. The molecule has 0 saturated heterocycles. The molecule has 15 heteroatoms. The predicted octanol–water partition coefficient (Wildman–Crippen LogP) is 3.43. The average molecular weight is 465 g/mol. The third-order valence-corrected chi connectivity index (χ3v) is 5.88. The van der Waals surface area contributed by atoms with Gasteiger partial charge in [0.15, 0.2) is 0 Å². The van der Waals surface area contributed by atoms with Gasteiger partial charge in [0.25, 0.3) is 10.0 Å². The second-order valence-corrected chi connectivity index (χ2v) is 8.31. The molecule has 27 heavy (non-hydrogen) atoms. The number of nitrogens with zero attached hydrogens (tertiary/aromatic N) is 2. The molecule has 0 aromatic carbocycles. The first-order chi connectivity index (χ1) is 12.5. The van der Waals surface area contributed by atoms with E-state index in [2.05, 4.69) is 14.7 Å². The van der Waals surface area contributed by atoms with Crippen LogP contribution in [0.3, 0.4) is 0 Å². The molecule has 0 fully saturated rings. The van der Waals surface area contributed by atoms with Crippen LogP contribution in [0.25, 0.3) is 0 Å². The molecule has 2 aromatic rings. The van der Waals surface area contributed by atoms with Crippen LogP contribution in [0, 0.1) is 0 Å². The van der Waals surface area contributed by atoms with Crippen LogP contribution in [-0.4, -0.2) is 37.2 Å². The summed E-state index contributed by atoms with van der Waals surface area (Å²) in [7, 11) is -4.38. The Balaban J connectivity index is 2.06. The Morgan fingerprint density at radius 1 is 1.26 bits per heavy atom. The Morgan fingerprint density at radius 3 is 2.48 bits per heavy atom. The highest BCUT2D eigenvalue weighted by molar-refractivity contribution is 7.92. The topological polar surface area (TPSA) is 110 Å². The van der Waals surface area contributed by atoms with E-state index in [1.165, 1.54) is 17.5 Å². The minimum absolute atomic E-state index is 0.0356. The van der Waals surface area contributed by atoms with Crippen molar-refractivity contribution in [3.05, 3.63) is 33.4 Å². The molecule has 2 N–H and O–H groups in total. The summed E-state index contributed by atoms with van der Waals surface area (Å²) in [6, 6.07) is 1.25. The molecule has 0 aliphatic carbocycles. The summed E-state index contributed by atoms with van der Waals surface area (Å²) in [4.78, 5) is 19.1. The van der Waals surface area contributed by atoms with Crippen molar-refractivity contribution in [3.8, 4) is 0 Å². The normalized spacial score (nSPS) is 12.0. The van der Waals surface area contributed by atoms with E-state index in [1.54, 1.807) is 4.72 Å². The number of carbonyl (C=O) groups excluding carboxylic acids is 1. The molecule has 2 heterocycles. The summed E-state index contributed by atoms with van der Waals surface area (Å²) in [5.74, 6) is -0.347. The monoisotopic (exact) mass is 464 g/mol. The summed E-state index contributed by atoms with van der Waals surface area (Å²) in [6.45, 7) is -2.14. The highest BCUT2D eigenvalue weighted by Gasteiger charge is 2.28. The first-order valence-electron chi connectivity index (χ1n) is 6.71. The molecule has 2 aromatic heterocycles. The molecule has 0 aliphatic rings. The Bertz CT molecular complexity index is 917. The number of sulfonamides is 1. The van der Waals surface area contributed by atoms with Crippen LogP contribution in [0.15, 0.2) is 21.7 Å². The van der Waals surface area contributed by atoms with Gasteiger partial charge in [0.05, 0.1) is 6.61 Å². The fourth-order valence-electron chi connectivity index (χ4n) is 1.68. The van der Waals surface area contributed by atoms with Crippen molar-refractivity contribution >= 4 is 56.5 Å². The van der Waals surface area contributed by atoms with E-state index >= 15 is 0 Å². The Labute approximate surface area is 164 Å². The molecule has 8 nitrogen and oxygen atoms in total. The van der Waals surface area contributed by atoms with Crippen molar-refractivity contribution in [2.45, 2.75) is 17.0 Å². The molecule has 148 valence electrons. The lowest BCUT2D eigenvalue weighted by atomic mass is 10.4. The Morgan fingerprint density at radius 2 is 1.89 bits per heavy atom. The maximum Gasteiger partial charge on any atom is 0.411 e. The van der Waals surface area contributed by atoms with Gasteiger partial charge < -0.3 is 4.74 Å². The highest BCUT2D eigenvalue weighted by Crippen LogP contribution is 2.24. The van der Waals surface area contributed by atoms with Gasteiger partial charge in [-0.3, -0.25) is 5.32 Å². The van der Waals surface area contributed by atoms with Gasteiger partial charge in [-0.25, -0.2) is 27.9 Å². The summed E-state index contributed by atoms with van der Waals surface area (Å²) in [5.41, 5.74) is -0.0356. The number of hydrogen-bond donors (Lipinski definition) is 2. The summed E-state index contributed by atoms with van der Waals surface area (Å²) >= 11 is 12.0. The number of aromatic nitrogens is 2. The molecular formula is C12H9Cl2F3N4O4S2. The van der Waals surface area contributed by atoms with Crippen molar-refractivity contribution in [1.29, 1.82) is 0 Å². The second kappa shape index (κ2) is 8.56. The number of urea groups is 1. The van der Waals surface area contributed by atoms with Crippen molar-refractivity contribution < 1.29 is 31.1 Å². The fourth-order valence-corrected chi connectivity index (χ4v) is 4.40. The maximum atomic E-state index is 12.3. The smallest absolute Gasteiger partial charge is 0.367 e. The van der Waals surface area contributed by atoms with Crippen LogP contribution < -0.4 is 10.0 Å². The molecule has 0 spiro atoms. The number of halogens is 5. The molecule has 2 rings (SSSR count). The first-order valence-corrected chi connectivity index (χ1v) is 9.83. The largest absolute Gasteiger partial charge is 0.411 e. The third kappa shape index (κ3) is 6.77. The first kappa shape index (κ1) is 21.6. The second-order valence-electron chi connectivity index (χ2n) is 4.74. The van der Waals surface area contributed by atoms with Gasteiger partial charge in [-0.1, -0.05) is 23.2 Å². The van der Waals surface area contributed by atoms with Gasteiger partial charge in [0.1, 0.15) is 21.1 Å². The van der Waals surface area contributed by atoms with E-state index in [0.29, 0.717) is 11.3 Å². The van der Waals surface area contributed by atoms with Crippen molar-refractivity contribution in [2.75, 3.05) is 11.9 Å². The Kier molecular flexibility index (Phi) is 6.86. The molecule has 2 amide bonds. The summed E-state index contributed by atoms with van der Waals surface area (Å²) in [5, 5.41) is 3.19. The number of carbonyl (C=O) groups is 1. The van der Waals surface area contributed by atoms with Gasteiger partial charge in [-0.05, 0) is 11.4 Å². The zero-order valence-electron chi connectivity index (χ0n) is 12.9. The van der Waals surface area contributed by atoms with Crippen LogP contribution in [0.1, 0.15) is 5.56 Å². The number of amides is 2. The van der Waals surface area contributed by atoms with E-state index in [1.807, 2.05) is 5.32 Å². The van der Waals surface area contributed by atoms with E-state index in [9.17, 15) is 26.4 Å². The van der Waals surface area contributed by atoms with Crippen molar-refractivity contribution in [2.24, 2.45) is 0 Å². The molecular weight excluding hydrogens is 456 g/mol. The number of ether oxygens (including phenoxy) is 1. The molecule has 0 bridgehead atoms. The molecule has 0 saturated carbocycles. The molecule has 0 aliphatic heterocycles. The van der Waals surface area contributed by atoms with Crippen LogP contribution >= 0.6 is 34.5 Å². The number of anilines is 1. The molecule has 0 unspecified atom stereocenters. The van der Waals surface area contributed by atoms with Crippen LogP contribution in [0.4, 0.5) is 23.9 Å². The fraction of sp³-hybridized carbons (Fsp3) is 0.250. The van der Waals surface area contributed by atoms with Crippen LogP contribution in [0.2, 0.25) is 10.3 Å². The Hall–Kier alpha value is -1.67. The molecule has 0 atom stereocenters. The number of thiophene rings is 1. The van der Waals surface area contributed by atoms with Gasteiger partial charge in [-0.15, -0.1) is 11.3 Å². The van der Waals surface area contributed by atoms with E-state index < -0.39 is 35.4 Å². The number of rotatable bonds is 6.